The molecule has 1 saturated heterocycles. The van der Waals surface area contributed by atoms with E-state index in [4.69, 9.17) is 5.73 Å². The predicted molar refractivity (Wildman–Crippen MR) is 71.4 cm³/mol. The fourth-order valence-corrected chi connectivity index (χ4v) is 2.78. The van der Waals surface area contributed by atoms with E-state index in [1.54, 1.807) is 0 Å². The highest BCUT2D eigenvalue weighted by molar-refractivity contribution is 4.82. The molecular weight excluding hydrogens is 196 g/mol. The molecule has 1 rings (SSSR count). The largest absolute Gasteiger partial charge is 0.327 e. The van der Waals surface area contributed by atoms with Gasteiger partial charge in [-0.05, 0) is 44.1 Å². The number of rotatable bonds is 4. The summed E-state index contributed by atoms with van der Waals surface area (Å²) in [5.41, 5.74) is 6.12. The third-order valence-corrected chi connectivity index (χ3v) is 4.33. The van der Waals surface area contributed by atoms with Gasteiger partial charge in [0.1, 0.15) is 0 Å². The topological polar surface area (TPSA) is 29.3 Å². The van der Waals surface area contributed by atoms with Crippen molar-refractivity contribution in [3.63, 3.8) is 0 Å². The van der Waals surface area contributed by atoms with Crippen LogP contribution in [-0.2, 0) is 0 Å². The van der Waals surface area contributed by atoms with Gasteiger partial charge in [0.05, 0.1) is 0 Å². The van der Waals surface area contributed by atoms with Crippen LogP contribution in [0.15, 0.2) is 0 Å². The molecule has 0 spiro atoms. The summed E-state index contributed by atoms with van der Waals surface area (Å²) in [7, 11) is 0. The average Bonchev–Trinajstić information content (AvgIpc) is 2.20. The van der Waals surface area contributed by atoms with Crippen LogP contribution in [0.4, 0.5) is 0 Å². The van der Waals surface area contributed by atoms with E-state index in [0.717, 1.165) is 24.3 Å². The first-order valence-electron chi connectivity index (χ1n) is 6.91. The van der Waals surface area contributed by atoms with Gasteiger partial charge in [-0.25, -0.2) is 0 Å². The third kappa shape index (κ3) is 3.74. The molecule has 0 bridgehead atoms. The van der Waals surface area contributed by atoms with E-state index in [1.807, 2.05) is 0 Å². The molecule has 0 aromatic carbocycles. The standard InChI is InChI=1S/C14H30N2/c1-10(2)14(15)6-7-16-9-11(3)8-12(4)13(16)5/h10-14H,6-9,15H2,1-5H3. The zero-order valence-corrected chi connectivity index (χ0v) is 11.7. The Morgan fingerprint density at radius 3 is 2.44 bits per heavy atom. The third-order valence-electron chi connectivity index (χ3n) is 4.33. The van der Waals surface area contributed by atoms with Gasteiger partial charge in [-0.1, -0.05) is 27.7 Å². The Kier molecular flexibility index (Phi) is 5.26. The lowest BCUT2D eigenvalue weighted by molar-refractivity contribution is 0.0756. The minimum absolute atomic E-state index is 0.361. The van der Waals surface area contributed by atoms with Crippen LogP contribution in [0.3, 0.4) is 0 Å². The first kappa shape index (κ1) is 14.0. The van der Waals surface area contributed by atoms with Gasteiger partial charge < -0.3 is 10.6 Å². The van der Waals surface area contributed by atoms with Gasteiger partial charge in [0.25, 0.3) is 0 Å². The molecule has 96 valence electrons. The lowest BCUT2D eigenvalue weighted by Crippen LogP contribution is -2.47. The van der Waals surface area contributed by atoms with Gasteiger partial charge >= 0.3 is 0 Å². The molecule has 1 aliphatic heterocycles. The second-order valence-electron chi connectivity index (χ2n) is 6.25. The quantitative estimate of drug-likeness (QED) is 0.798. The van der Waals surface area contributed by atoms with E-state index in [-0.39, 0.29) is 0 Å². The number of likely N-dealkylation sites (tertiary alicyclic amines) is 1. The van der Waals surface area contributed by atoms with Gasteiger partial charge in [0.15, 0.2) is 0 Å². The molecule has 0 aromatic rings. The predicted octanol–water partition coefficient (Wildman–Crippen LogP) is 2.73. The van der Waals surface area contributed by atoms with E-state index < -0.39 is 0 Å². The van der Waals surface area contributed by atoms with Crippen molar-refractivity contribution in [3.05, 3.63) is 0 Å². The molecule has 0 saturated carbocycles. The fourth-order valence-electron chi connectivity index (χ4n) is 2.78. The molecule has 0 amide bonds. The van der Waals surface area contributed by atoms with Crippen molar-refractivity contribution in [1.82, 2.24) is 4.90 Å². The van der Waals surface area contributed by atoms with Crippen LogP contribution in [0.2, 0.25) is 0 Å². The van der Waals surface area contributed by atoms with Crippen molar-refractivity contribution in [3.8, 4) is 0 Å². The summed E-state index contributed by atoms with van der Waals surface area (Å²) >= 11 is 0. The van der Waals surface area contributed by atoms with Gasteiger partial charge in [0, 0.05) is 18.6 Å². The Bertz CT molecular complexity index is 203. The molecule has 0 radical (unpaired) electrons. The Hall–Kier alpha value is -0.0800. The Morgan fingerprint density at radius 1 is 1.25 bits per heavy atom. The Balaban J connectivity index is 2.40. The molecule has 0 aromatic heterocycles. The summed E-state index contributed by atoms with van der Waals surface area (Å²) < 4.78 is 0. The highest BCUT2D eigenvalue weighted by Gasteiger charge is 2.28. The first-order chi connectivity index (χ1) is 7.41. The SMILES string of the molecule is CC1CC(C)C(C)N(CCC(N)C(C)C)C1. The highest BCUT2D eigenvalue weighted by atomic mass is 15.2. The molecule has 4 atom stereocenters. The Morgan fingerprint density at radius 2 is 1.88 bits per heavy atom. The van der Waals surface area contributed by atoms with Crippen molar-refractivity contribution in [2.24, 2.45) is 23.5 Å². The molecule has 2 N–H and O–H groups in total. The van der Waals surface area contributed by atoms with Crippen LogP contribution >= 0.6 is 0 Å². The summed E-state index contributed by atoms with van der Waals surface area (Å²) in [5.74, 6) is 2.29. The van der Waals surface area contributed by atoms with E-state index >= 15 is 0 Å². The molecule has 2 nitrogen and oxygen atoms in total. The van der Waals surface area contributed by atoms with Gasteiger partial charge in [-0.15, -0.1) is 0 Å². The smallest absolute Gasteiger partial charge is 0.00927 e. The summed E-state index contributed by atoms with van der Waals surface area (Å²) in [5, 5.41) is 0. The summed E-state index contributed by atoms with van der Waals surface area (Å²) in [6.45, 7) is 14.0. The van der Waals surface area contributed by atoms with Crippen molar-refractivity contribution in [2.75, 3.05) is 13.1 Å². The maximum Gasteiger partial charge on any atom is 0.00927 e. The number of nitrogens with two attached hydrogens (primary N) is 1. The maximum atomic E-state index is 6.12. The molecular formula is C14H30N2. The lowest BCUT2D eigenvalue weighted by atomic mass is 9.85. The monoisotopic (exact) mass is 226 g/mol. The molecule has 4 unspecified atom stereocenters. The average molecular weight is 226 g/mol. The Labute approximate surface area is 102 Å². The number of piperidine rings is 1. The van der Waals surface area contributed by atoms with Crippen molar-refractivity contribution < 1.29 is 0 Å². The molecule has 1 fully saturated rings. The molecule has 2 heteroatoms. The normalized spacial score (nSPS) is 34.3. The van der Waals surface area contributed by atoms with E-state index in [2.05, 4.69) is 39.5 Å². The minimum atomic E-state index is 0.361. The maximum absolute atomic E-state index is 6.12. The second-order valence-corrected chi connectivity index (χ2v) is 6.25. The van der Waals surface area contributed by atoms with Crippen LogP contribution in [0.25, 0.3) is 0 Å². The van der Waals surface area contributed by atoms with Crippen molar-refractivity contribution in [1.29, 1.82) is 0 Å². The van der Waals surface area contributed by atoms with Gasteiger partial charge in [0.2, 0.25) is 0 Å². The summed E-state index contributed by atoms with van der Waals surface area (Å²) in [6, 6.07) is 1.09. The molecule has 1 heterocycles. The van der Waals surface area contributed by atoms with E-state index in [9.17, 15) is 0 Å². The molecule has 1 aliphatic rings. The zero-order valence-electron chi connectivity index (χ0n) is 11.7. The van der Waals surface area contributed by atoms with Crippen LogP contribution in [0, 0.1) is 17.8 Å². The first-order valence-corrected chi connectivity index (χ1v) is 6.91. The van der Waals surface area contributed by atoms with Gasteiger partial charge in [-0.2, -0.15) is 0 Å². The zero-order chi connectivity index (χ0) is 12.3. The number of nitrogens with zero attached hydrogens (tertiary/aromatic N) is 1. The summed E-state index contributed by atoms with van der Waals surface area (Å²) in [4.78, 5) is 2.64. The number of hydrogen-bond donors (Lipinski definition) is 1. The van der Waals surface area contributed by atoms with Crippen LogP contribution < -0.4 is 5.73 Å². The van der Waals surface area contributed by atoms with E-state index in [1.165, 1.54) is 19.5 Å². The van der Waals surface area contributed by atoms with Gasteiger partial charge in [-0.3, -0.25) is 0 Å². The van der Waals surface area contributed by atoms with Crippen molar-refractivity contribution >= 4 is 0 Å². The lowest BCUT2D eigenvalue weighted by Gasteiger charge is -2.41. The molecule has 16 heavy (non-hydrogen) atoms. The van der Waals surface area contributed by atoms with Crippen molar-refractivity contribution in [2.45, 2.75) is 59.5 Å². The van der Waals surface area contributed by atoms with Crippen LogP contribution in [0.5, 0.6) is 0 Å². The van der Waals surface area contributed by atoms with E-state index in [0.29, 0.717) is 12.0 Å². The van der Waals surface area contributed by atoms with Crippen LogP contribution in [-0.4, -0.2) is 30.1 Å². The number of hydrogen-bond acceptors (Lipinski definition) is 2. The molecule has 0 aliphatic carbocycles. The summed E-state index contributed by atoms with van der Waals surface area (Å²) in [6.07, 6.45) is 2.52. The highest BCUT2D eigenvalue weighted by Crippen LogP contribution is 2.27. The second kappa shape index (κ2) is 6.02. The fraction of sp³-hybridized carbons (Fsp3) is 1.00. The van der Waals surface area contributed by atoms with Crippen LogP contribution in [0.1, 0.15) is 47.5 Å². The minimum Gasteiger partial charge on any atom is -0.327 e.